The molecule has 0 radical (unpaired) electrons. The van der Waals surface area contributed by atoms with Crippen molar-refractivity contribution >= 4 is 17.5 Å². The number of nitrogens with zero attached hydrogens (tertiary/aromatic N) is 4. The molecule has 5 rings (SSSR count). The van der Waals surface area contributed by atoms with Crippen LogP contribution in [-0.4, -0.2) is 71.1 Å². The van der Waals surface area contributed by atoms with Crippen molar-refractivity contribution in [1.82, 2.24) is 20.0 Å². The number of amides is 2. The molecule has 0 saturated heterocycles. The van der Waals surface area contributed by atoms with Crippen LogP contribution >= 0.6 is 0 Å². The van der Waals surface area contributed by atoms with Gasteiger partial charge in [-0.05, 0) is 74.9 Å². The smallest absolute Gasteiger partial charge is 0.274 e. The summed E-state index contributed by atoms with van der Waals surface area (Å²) in [6.45, 7) is 9.67. The number of methoxy groups -OCH3 is 1. The molecule has 3 aromatic rings. The SMILES string of the molecule is COc1ccc(CC(=O)N2CCCN(C(C)C)CCN(C(=O)c3cc(C4CC4)[nH]n3)Cc3cccc(C)c32)cc1. The number of carbonyl (C=O) groups excluding carboxylic acids is 2. The summed E-state index contributed by atoms with van der Waals surface area (Å²) in [5, 5.41) is 7.48. The van der Waals surface area contributed by atoms with Gasteiger partial charge in [0.15, 0.2) is 0 Å². The van der Waals surface area contributed by atoms with Crippen LogP contribution in [0.5, 0.6) is 5.75 Å². The second kappa shape index (κ2) is 12.3. The van der Waals surface area contributed by atoms with Crippen molar-refractivity contribution in [3.63, 3.8) is 0 Å². The number of rotatable bonds is 6. The molecule has 2 aromatic carbocycles. The average molecular weight is 544 g/mol. The van der Waals surface area contributed by atoms with E-state index in [1.807, 2.05) is 59.2 Å². The number of ether oxygens (including phenoxy) is 1. The Hall–Kier alpha value is -3.65. The Labute approximate surface area is 237 Å². The van der Waals surface area contributed by atoms with Crippen molar-refractivity contribution in [1.29, 1.82) is 0 Å². The number of anilines is 1. The molecule has 1 N–H and O–H groups in total. The molecule has 40 heavy (non-hydrogen) atoms. The van der Waals surface area contributed by atoms with Crippen LogP contribution in [0.15, 0.2) is 48.5 Å². The summed E-state index contributed by atoms with van der Waals surface area (Å²) < 4.78 is 5.29. The van der Waals surface area contributed by atoms with Crippen molar-refractivity contribution in [2.75, 3.05) is 38.2 Å². The Morgan fingerprint density at radius 2 is 1.82 bits per heavy atom. The van der Waals surface area contributed by atoms with E-state index in [9.17, 15) is 9.59 Å². The predicted octanol–water partition coefficient (Wildman–Crippen LogP) is 4.94. The van der Waals surface area contributed by atoms with Crippen LogP contribution in [0, 0.1) is 6.92 Å². The maximum absolute atomic E-state index is 13.9. The van der Waals surface area contributed by atoms with Crippen LogP contribution in [0.1, 0.15) is 71.9 Å². The lowest BCUT2D eigenvalue weighted by atomic mass is 10.0. The van der Waals surface area contributed by atoms with Crippen LogP contribution in [0.4, 0.5) is 5.69 Å². The lowest BCUT2D eigenvalue weighted by Crippen LogP contribution is -2.41. The largest absolute Gasteiger partial charge is 0.497 e. The number of aryl methyl sites for hydroxylation is 1. The first kappa shape index (κ1) is 27.9. The molecule has 8 nitrogen and oxygen atoms in total. The van der Waals surface area contributed by atoms with Gasteiger partial charge in [0.05, 0.1) is 19.2 Å². The highest BCUT2D eigenvalue weighted by molar-refractivity contribution is 5.97. The van der Waals surface area contributed by atoms with Crippen molar-refractivity contribution in [3.8, 4) is 5.75 Å². The van der Waals surface area contributed by atoms with Gasteiger partial charge in [-0.2, -0.15) is 5.10 Å². The van der Waals surface area contributed by atoms with Gasteiger partial charge in [-0.1, -0.05) is 30.3 Å². The number of hydrogen-bond donors (Lipinski definition) is 1. The standard InChI is InChI=1S/C32H41N5O3/c1-22(2)35-15-6-16-37(30(38)19-24-9-13-27(40-4)14-10-24)31-23(3)7-5-8-26(31)21-36(18-17-35)32(39)29-20-28(33-34-29)25-11-12-25/h5,7-10,13-14,20,22,25H,6,11-12,15-19,21H2,1-4H3,(H,33,34). The highest BCUT2D eigenvalue weighted by Crippen LogP contribution is 2.39. The predicted molar refractivity (Wildman–Crippen MR) is 157 cm³/mol. The van der Waals surface area contributed by atoms with Crippen LogP contribution in [0.3, 0.4) is 0 Å². The number of fused-ring (bicyclic) bond motifs is 1. The van der Waals surface area contributed by atoms with E-state index in [0.717, 1.165) is 66.2 Å². The third kappa shape index (κ3) is 6.39. The molecular formula is C32H41N5O3. The lowest BCUT2D eigenvalue weighted by molar-refractivity contribution is -0.118. The Balaban J connectivity index is 1.47. The van der Waals surface area contributed by atoms with E-state index in [1.165, 1.54) is 0 Å². The Kier molecular flexibility index (Phi) is 8.54. The molecule has 0 bridgehead atoms. The maximum atomic E-state index is 13.9. The minimum absolute atomic E-state index is 0.0512. The van der Waals surface area contributed by atoms with Gasteiger partial charge >= 0.3 is 0 Å². The molecule has 1 aromatic heterocycles. The topological polar surface area (TPSA) is 81.8 Å². The number of aromatic nitrogens is 2. The molecule has 212 valence electrons. The van der Waals surface area contributed by atoms with Gasteiger partial charge in [-0.25, -0.2) is 0 Å². The van der Waals surface area contributed by atoms with E-state index in [1.54, 1.807) is 7.11 Å². The maximum Gasteiger partial charge on any atom is 0.274 e. The number of H-pyrrole nitrogens is 1. The molecule has 1 fully saturated rings. The second-order valence-electron chi connectivity index (χ2n) is 11.3. The Morgan fingerprint density at radius 1 is 1.05 bits per heavy atom. The van der Waals surface area contributed by atoms with Gasteiger partial charge in [0.25, 0.3) is 5.91 Å². The summed E-state index contributed by atoms with van der Waals surface area (Å²) in [6, 6.07) is 16.0. The first-order valence-corrected chi connectivity index (χ1v) is 14.4. The molecule has 2 heterocycles. The van der Waals surface area contributed by atoms with Gasteiger partial charge in [0.1, 0.15) is 11.4 Å². The van der Waals surface area contributed by atoms with Gasteiger partial charge < -0.3 is 14.5 Å². The minimum Gasteiger partial charge on any atom is -0.497 e. The fraction of sp³-hybridized carbons (Fsp3) is 0.469. The minimum atomic E-state index is -0.0744. The van der Waals surface area contributed by atoms with E-state index in [2.05, 4.69) is 35.0 Å². The average Bonchev–Trinajstić information content (AvgIpc) is 3.68. The van der Waals surface area contributed by atoms with Crippen LogP contribution < -0.4 is 9.64 Å². The van der Waals surface area contributed by atoms with E-state index >= 15 is 0 Å². The van der Waals surface area contributed by atoms with E-state index < -0.39 is 0 Å². The summed E-state index contributed by atoms with van der Waals surface area (Å²) in [6.07, 6.45) is 3.44. The highest BCUT2D eigenvalue weighted by atomic mass is 16.5. The van der Waals surface area contributed by atoms with Crippen molar-refractivity contribution in [3.05, 3.63) is 76.6 Å². The molecule has 1 aliphatic carbocycles. The van der Waals surface area contributed by atoms with Crippen molar-refractivity contribution in [2.45, 2.75) is 65.0 Å². The molecule has 1 saturated carbocycles. The fourth-order valence-electron chi connectivity index (χ4n) is 5.59. The summed E-state index contributed by atoms with van der Waals surface area (Å²) in [7, 11) is 1.64. The van der Waals surface area contributed by atoms with E-state index in [4.69, 9.17) is 4.74 Å². The van der Waals surface area contributed by atoms with Crippen molar-refractivity contribution in [2.24, 2.45) is 0 Å². The molecule has 0 atom stereocenters. The first-order chi connectivity index (χ1) is 19.3. The summed E-state index contributed by atoms with van der Waals surface area (Å²) >= 11 is 0. The number of hydrogen-bond acceptors (Lipinski definition) is 5. The van der Waals surface area contributed by atoms with Gasteiger partial charge in [-0.3, -0.25) is 19.6 Å². The highest BCUT2D eigenvalue weighted by Gasteiger charge is 2.29. The summed E-state index contributed by atoms with van der Waals surface area (Å²) in [5.74, 6) is 1.25. The number of carbonyl (C=O) groups is 2. The quantitative estimate of drug-likeness (QED) is 0.477. The number of nitrogens with one attached hydrogen (secondary N) is 1. The number of aromatic amines is 1. The third-order valence-electron chi connectivity index (χ3n) is 8.10. The summed E-state index contributed by atoms with van der Waals surface area (Å²) in [5.41, 5.74) is 5.39. The Morgan fingerprint density at radius 3 is 2.52 bits per heavy atom. The van der Waals surface area contributed by atoms with Crippen LogP contribution in [0.25, 0.3) is 0 Å². The first-order valence-electron chi connectivity index (χ1n) is 14.4. The lowest BCUT2D eigenvalue weighted by Gasteiger charge is -2.29. The molecule has 0 spiro atoms. The summed E-state index contributed by atoms with van der Waals surface area (Å²) in [4.78, 5) is 34.0. The monoisotopic (exact) mass is 543 g/mol. The van der Waals surface area contributed by atoms with Gasteiger partial charge in [-0.15, -0.1) is 0 Å². The van der Waals surface area contributed by atoms with Crippen molar-refractivity contribution < 1.29 is 14.3 Å². The zero-order chi connectivity index (χ0) is 28.2. The zero-order valence-electron chi connectivity index (χ0n) is 24.2. The zero-order valence-corrected chi connectivity index (χ0v) is 24.2. The van der Waals surface area contributed by atoms with E-state index in [-0.39, 0.29) is 11.8 Å². The van der Waals surface area contributed by atoms with E-state index in [0.29, 0.717) is 43.7 Å². The van der Waals surface area contributed by atoms with Crippen LogP contribution in [-0.2, 0) is 17.8 Å². The molecule has 0 unspecified atom stereocenters. The Bertz CT molecular complexity index is 1330. The second-order valence-corrected chi connectivity index (χ2v) is 11.3. The normalized spacial score (nSPS) is 16.9. The molecular weight excluding hydrogens is 502 g/mol. The van der Waals surface area contributed by atoms with Crippen LogP contribution in [0.2, 0.25) is 0 Å². The molecule has 8 heteroatoms. The third-order valence-corrected chi connectivity index (χ3v) is 8.10. The fourth-order valence-corrected chi connectivity index (χ4v) is 5.59. The van der Waals surface area contributed by atoms with Gasteiger partial charge in [0.2, 0.25) is 5.91 Å². The van der Waals surface area contributed by atoms with Gasteiger partial charge in [0, 0.05) is 50.4 Å². The molecule has 1 aliphatic heterocycles. The molecule has 2 aliphatic rings. The number of benzene rings is 2. The molecule has 2 amide bonds. The number of para-hydroxylation sites is 1.